The maximum absolute atomic E-state index is 9.67. The number of fused-ring (bicyclic) bond motifs is 1. The predicted octanol–water partition coefficient (Wildman–Crippen LogP) is 2.52. The quantitative estimate of drug-likeness (QED) is 0.497. The van der Waals surface area contributed by atoms with Gasteiger partial charge in [-0.15, -0.1) is 0 Å². The van der Waals surface area contributed by atoms with Crippen LogP contribution in [-0.4, -0.2) is 29.7 Å². The number of aromatic nitrogens is 5. The Morgan fingerprint density at radius 3 is 2.79 bits per heavy atom. The van der Waals surface area contributed by atoms with Crippen LogP contribution >= 0.6 is 0 Å². The Bertz CT molecular complexity index is 1200. The van der Waals surface area contributed by atoms with Gasteiger partial charge in [0.15, 0.2) is 17.3 Å². The van der Waals surface area contributed by atoms with Gasteiger partial charge in [-0.05, 0) is 13.0 Å². The maximum atomic E-state index is 9.67. The average molecular weight is 372 g/mol. The summed E-state index contributed by atoms with van der Waals surface area (Å²) in [5, 5.41) is 26.9. The van der Waals surface area contributed by atoms with Crippen LogP contribution in [0.3, 0.4) is 0 Å². The number of nitrogens with two attached hydrogens (primary N) is 1. The van der Waals surface area contributed by atoms with Crippen molar-refractivity contribution in [1.82, 2.24) is 24.6 Å². The zero-order valence-corrected chi connectivity index (χ0v) is 14.9. The molecule has 0 aliphatic heterocycles. The molecule has 0 fully saturated rings. The van der Waals surface area contributed by atoms with E-state index in [-0.39, 0.29) is 23.2 Å². The maximum Gasteiger partial charge on any atom is 0.317 e. The fourth-order valence-electron chi connectivity index (χ4n) is 2.98. The normalized spacial score (nSPS) is 11.9. The number of nitriles is 1. The van der Waals surface area contributed by atoms with Crippen LogP contribution in [0.2, 0.25) is 0 Å². The van der Waals surface area contributed by atoms with Crippen LogP contribution in [0.15, 0.2) is 48.8 Å². The van der Waals surface area contributed by atoms with Crippen molar-refractivity contribution < 1.29 is 5.11 Å². The van der Waals surface area contributed by atoms with Gasteiger partial charge in [-0.25, -0.2) is 9.50 Å². The molecule has 1 aromatic carbocycles. The lowest BCUT2D eigenvalue weighted by Crippen LogP contribution is -2.14. The predicted molar refractivity (Wildman–Crippen MR) is 103 cm³/mol. The van der Waals surface area contributed by atoms with Crippen molar-refractivity contribution in [1.29, 1.82) is 5.26 Å². The topological polar surface area (TPSA) is 138 Å². The zero-order valence-electron chi connectivity index (χ0n) is 14.9. The minimum atomic E-state index is -0.503. The summed E-state index contributed by atoms with van der Waals surface area (Å²) in [6, 6.07) is 12.8. The third-order valence-corrected chi connectivity index (χ3v) is 4.32. The van der Waals surface area contributed by atoms with Gasteiger partial charge < -0.3 is 16.2 Å². The molecule has 4 aromatic rings. The molecule has 9 heteroatoms. The Balaban J connectivity index is 1.82. The standard InChI is InChI=1S/C19H16N8O/c1-11(23-18-14(10-20)17(21)24-19(28)25-18)13-9-15-22-7-8-27(15)26-16(13)12-5-3-2-4-6-12/h2-9,11H,1H3,(H4,21,23,24,25,28). The zero-order chi connectivity index (χ0) is 19.7. The molecule has 4 N–H and O–H groups in total. The molecule has 4 rings (SSSR count). The van der Waals surface area contributed by atoms with Gasteiger partial charge in [-0.3, -0.25) is 0 Å². The number of nitrogens with one attached hydrogen (secondary N) is 1. The molecule has 3 aromatic heterocycles. The number of nitrogens with zero attached hydrogens (tertiary/aromatic N) is 6. The van der Waals surface area contributed by atoms with E-state index in [1.54, 1.807) is 16.9 Å². The number of aromatic hydroxyl groups is 1. The van der Waals surface area contributed by atoms with E-state index in [0.717, 1.165) is 16.8 Å². The lowest BCUT2D eigenvalue weighted by Gasteiger charge is -2.19. The van der Waals surface area contributed by atoms with Crippen LogP contribution < -0.4 is 11.1 Å². The Kier molecular flexibility index (Phi) is 4.21. The summed E-state index contributed by atoms with van der Waals surface area (Å²) < 4.78 is 1.70. The van der Waals surface area contributed by atoms with E-state index in [1.807, 2.05) is 49.4 Å². The summed E-state index contributed by atoms with van der Waals surface area (Å²) in [7, 11) is 0. The molecule has 3 heterocycles. The molecule has 1 unspecified atom stereocenters. The summed E-state index contributed by atoms with van der Waals surface area (Å²) >= 11 is 0. The van der Waals surface area contributed by atoms with Crippen LogP contribution in [0.25, 0.3) is 16.9 Å². The van der Waals surface area contributed by atoms with Gasteiger partial charge in [-0.2, -0.15) is 20.3 Å². The van der Waals surface area contributed by atoms with Crippen LogP contribution in [0.4, 0.5) is 11.6 Å². The van der Waals surface area contributed by atoms with E-state index < -0.39 is 6.01 Å². The first-order chi connectivity index (χ1) is 13.6. The molecule has 1 atom stereocenters. The average Bonchev–Trinajstić information content (AvgIpc) is 3.15. The monoisotopic (exact) mass is 372 g/mol. The molecular formula is C19H16N8O. The van der Waals surface area contributed by atoms with E-state index in [0.29, 0.717) is 5.65 Å². The second-order valence-corrected chi connectivity index (χ2v) is 6.15. The number of imidazole rings is 1. The van der Waals surface area contributed by atoms with E-state index in [2.05, 4.69) is 25.4 Å². The molecule has 0 aliphatic carbocycles. The van der Waals surface area contributed by atoms with Crippen LogP contribution in [0.5, 0.6) is 6.01 Å². The summed E-state index contributed by atoms with van der Waals surface area (Å²) in [5.41, 5.74) is 9.04. The highest BCUT2D eigenvalue weighted by Gasteiger charge is 2.19. The van der Waals surface area contributed by atoms with Crippen molar-refractivity contribution in [2.24, 2.45) is 0 Å². The first-order valence-corrected chi connectivity index (χ1v) is 8.49. The van der Waals surface area contributed by atoms with Gasteiger partial charge in [0, 0.05) is 23.5 Å². The van der Waals surface area contributed by atoms with Crippen molar-refractivity contribution in [2.45, 2.75) is 13.0 Å². The van der Waals surface area contributed by atoms with Crippen molar-refractivity contribution in [2.75, 3.05) is 11.1 Å². The minimum Gasteiger partial charge on any atom is -0.479 e. The van der Waals surface area contributed by atoms with Crippen molar-refractivity contribution >= 4 is 17.3 Å². The molecule has 138 valence electrons. The molecule has 0 radical (unpaired) electrons. The second kappa shape index (κ2) is 6.85. The van der Waals surface area contributed by atoms with Crippen LogP contribution in [0, 0.1) is 11.3 Å². The highest BCUT2D eigenvalue weighted by molar-refractivity contribution is 5.68. The fourth-order valence-corrected chi connectivity index (χ4v) is 2.98. The molecule has 0 bridgehead atoms. The van der Waals surface area contributed by atoms with Gasteiger partial charge in [0.2, 0.25) is 0 Å². The van der Waals surface area contributed by atoms with Crippen molar-refractivity contribution in [3.05, 3.63) is 59.9 Å². The van der Waals surface area contributed by atoms with Gasteiger partial charge in [0.05, 0.1) is 11.7 Å². The van der Waals surface area contributed by atoms with Gasteiger partial charge >= 0.3 is 6.01 Å². The molecule has 0 saturated heterocycles. The summed E-state index contributed by atoms with van der Waals surface area (Å²) in [4.78, 5) is 11.8. The third kappa shape index (κ3) is 3.03. The highest BCUT2D eigenvalue weighted by atomic mass is 16.3. The number of hydrogen-bond acceptors (Lipinski definition) is 8. The lowest BCUT2D eigenvalue weighted by atomic mass is 10.0. The molecule has 0 spiro atoms. The van der Waals surface area contributed by atoms with Gasteiger partial charge in [0.25, 0.3) is 0 Å². The fraction of sp³-hybridized carbons (Fsp3) is 0.105. The van der Waals surface area contributed by atoms with E-state index in [1.165, 1.54) is 0 Å². The van der Waals surface area contributed by atoms with Gasteiger partial charge in [0.1, 0.15) is 11.6 Å². The summed E-state index contributed by atoms with van der Waals surface area (Å²) in [5.74, 6) is 0.0667. The van der Waals surface area contributed by atoms with Crippen molar-refractivity contribution in [3.8, 4) is 23.3 Å². The van der Waals surface area contributed by atoms with E-state index in [4.69, 9.17) is 5.73 Å². The molecular weight excluding hydrogens is 356 g/mol. The highest BCUT2D eigenvalue weighted by Crippen LogP contribution is 2.30. The number of hydrogen-bond donors (Lipinski definition) is 3. The first kappa shape index (κ1) is 17.2. The molecule has 0 amide bonds. The van der Waals surface area contributed by atoms with Crippen molar-refractivity contribution in [3.63, 3.8) is 0 Å². The number of anilines is 2. The summed E-state index contributed by atoms with van der Waals surface area (Å²) in [6.45, 7) is 1.90. The number of benzene rings is 1. The Labute approximate surface area is 160 Å². The molecule has 0 saturated carbocycles. The Hall–Kier alpha value is -4.19. The largest absolute Gasteiger partial charge is 0.479 e. The number of nitrogen functional groups attached to an aromatic ring is 1. The SMILES string of the molecule is CC(Nc1nc(O)nc(N)c1C#N)c1cc2nccn2nc1-c1ccccc1. The second-order valence-electron chi connectivity index (χ2n) is 6.15. The van der Waals surface area contributed by atoms with E-state index >= 15 is 0 Å². The smallest absolute Gasteiger partial charge is 0.317 e. The third-order valence-electron chi connectivity index (χ3n) is 4.32. The first-order valence-electron chi connectivity index (χ1n) is 8.49. The molecule has 0 aliphatic rings. The van der Waals surface area contributed by atoms with Gasteiger partial charge in [-0.1, -0.05) is 30.3 Å². The number of rotatable bonds is 4. The molecule has 9 nitrogen and oxygen atoms in total. The van der Waals surface area contributed by atoms with Crippen LogP contribution in [0.1, 0.15) is 24.1 Å². The minimum absolute atomic E-state index is 0.0701. The van der Waals surface area contributed by atoms with Crippen LogP contribution in [-0.2, 0) is 0 Å². The Morgan fingerprint density at radius 1 is 1.25 bits per heavy atom. The Morgan fingerprint density at radius 2 is 2.04 bits per heavy atom. The van der Waals surface area contributed by atoms with E-state index in [9.17, 15) is 10.4 Å². The lowest BCUT2D eigenvalue weighted by molar-refractivity contribution is 0.432. The summed E-state index contributed by atoms with van der Waals surface area (Å²) in [6.07, 6.45) is 3.45. The molecule has 28 heavy (non-hydrogen) atoms.